The maximum absolute atomic E-state index is 6.57. The first-order valence-corrected chi connectivity index (χ1v) is 14.5. The fraction of sp³-hybridized carbons (Fsp3) is 0.176. The second-order valence-electron chi connectivity index (χ2n) is 12.0. The van der Waals surface area contributed by atoms with Crippen LogP contribution >= 0.6 is 11.3 Å². The molecule has 1 aliphatic rings. The average Bonchev–Trinajstić information content (AvgIpc) is 3.51. The number of para-hydroxylation sites is 1. The monoisotopic (exact) mass is 523 g/mol. The van der Waals surface area contributed by atoms with Crippen molar-refractivity contribution in [1.82, 2.24) is 4.40 Å². The van der Waals surface area contributed by atoms with Gasteiger partial charge in [0.05, 0.1) is 27.8 Å². The van der Waals surface area contributed by atoms with E-state index >= 15 is 0 Å². The molecular weight excluding hydrogens is 497 g/mol. The van der Waals surface area contributed by atoms with Crippen molar-refractivity contribution < 1.29 is 9.31 Å². The molecule has 0 amide bonds. The van der Waals surface area contributed by atoms with Crippen LogP contribution in [0.4, 0.5) is 0 Å². The molecule has 8 aromatic rings. The molecule has 1 aliphatic heterocycles. The Hall–Kier alpha value is -3.64. The summed E-state index contributed by atoms with van der Waals surface area (Å²) in [7, 11) is -0.406. The molecule has 1 saturated heterocycles. The molecule has 0 N–H and O–H groups in total. The van der Waals surface area contributed by atoms with Crippen LogP contribution in [0, 0.1) is 0 Å². The van der Waals surface area contributed by atoms with Crippen molar-refractivity contribution in [2.75, 3.05) is 0 Å². The van der Waals surface area contributed by atoms with Gasteiger partial charge in [0.25, 0.3) is 0 Å². The number of aromatic nitrogens is 1. The minimum absolute atomic E-state index is 0.390. The normalized spacial score (nSPS) is 17.4. The van der Waals surface area contributed by atoms with E-state index in [0.29, 0.717) is 0 Å². The molecular formula is C34H26BNO2S. The van der Waals surface area contributed by atoms with E-state index < -0.39 is 18.3 Å². The summed E-state index contributed by atoms with van der Waals surface area (Å²) in [6.07, 6.45) is 0. The number of nitrogens with zero attached hydrogens (tertiary/aromatic N) is 1. The molecule has 0 bridgehead atoms. The molecule has 0 saturated carbocycles. The van der Waals surface area contributed by atoms with E-state index in [4.69, 9.17) is 9.31 Å². The third-order valence-corrected chi connectivity index (χ3v) is 10.6. The predicted molar refractivity (Wildman–Crippen MR) is 167 cm³/mol. The highest BCUT2D eigenvalue weighted by atomic mass is 32.1. The lowest BCUT2D eigenvalue weighted by Crippen LogP contribution is -2.41. The minimum atomic E-state index is -0.406. The Morgan fingerprint density at radius 2 is 1.28 bits per heavy atom. The highest BCUT2D eigenvalue weighted by Gasteiger charge is 2.52. The Balaban J connectivity index is 1.53. The molecule has 3 aromatic heterocycles. The molecule has 0 unspecified atom stereocenters. The van der Waals surface area contributed by atoms with Crippen molar-refractivity contribution in [3.05, 3.63) is 84.9 Å². The molecule has 0 spiro atoms. The van der Waals surface area contributed by atoms with E-state index in [9.17, 15) is 0 Å². The molecule has 9 rings (SSSR count). The van der Waals surface area contributed by atoms with Crippen molar-refractivity contribution in [1.29, 1.82) is 0 Å². The van der Waals surface area contributed by atoms with Gasteiger partial charge in [-0.3, -0.25) is 0 Å². The van der Waals surface area contributed by atoms with Gasteiger partial charge in [-0.25, -0.2) is 0 Å². The summed E-state index contributed by atoms with van der Waals surface area (Å²) in [5, 5.41) is 10.4. The molecule has 188 valence electrons. The SMILES string of the molecule is CC1(C)OB(c2ccc3c4c2sc2cccc(c5cccc6c7c8ccccc8ccc7n3c56)c24)OC1(C)C. The van der Waals surface area contributed by atoms with E-state index in [1.807, 2.05) is 11.3 Å². The number of hydrogen-bond acceptors (Lipinski definition) is 3. The van der Waals surface area contributed by atoms with Crippen LogP contribution in [-0.2, 0) is 9.31 Å². The van der Waals surface area contributed by atoms with Crippen molar-refractivity contribution in [3.63, 3.8) is 0 Å². The van der Waals surface area contributed by atoms with E-state index in [2.05, 4.69) is 117 Å². The zero-order valence-electron chi connectivity index (χ0n) is 22.3. The van der Waals surface area contributed by atoms with Gasteiger partial charge in [0.1, 0.15) is 0 Å². The van der Waals surface area contributed by atoms with Crippen molar-refractivity contribution in [3.8, 4) is 0 Å². The summed E-state index contributed by atoms with van der Waals surface area (Å²) in [5.74, 6) is 0. The van der Waals surface area contributed by atoms with Crippen LogP contribution in [0.1, 0.15) is 27.7 Å². The van der Waals surface area contributed by atoms with E-state index in [1.54, 1.807) is 0 Å². The number of thiophene rings is 1. The Morgan fingerprint density at radius 3 is 2.13 bits per heavy atom. The van der Waals surface area contributed by atoms with Gasteiger partial charge >= 0.3 is 7.12 Å². The van der Waals surface area contributed by atoms with Crippen LogP contribution < -0.4 is 5.46 Å². The largest absolute Gasteiger partial charge is 0.496 e. The predicted octanol–water partition coefficient (Wildman–Crippen LogP) is 8.66. The van der Waals surface area contributed by atoms with E-state index in [0.717, 1.165) is 5.46 Å². The smallest absolute Gasteiger partial charge is 0.399 e. The van der Waals surface area contributed by atoms with Gasteiger partial charge in [0.2, 0.25) is 0 Å². The lowest BCUT2D eigenvalue weighted by molar-refractivity contribution is 0.00578. The van der Waals surface area contributed by atoms with Crippen LogP contribution in [0.3, 0.4) is 0 Å². The summed E-state index contributed by atoms with van der Waals surface area (Å²) >= 11 is 1.85. The molecule has 3 nitrogen and oxygen atoms in total. The van der Waals surface area contributed by atoms with Crippen molar-refractivity contribution in [2.45, 2.75) is 38.9 Å². The number of benzene rings is 5. The van der Waals surface area contributed by atoms with Gasteiger partial charge in [0, 0.05) is 41.8 Å². The molecule has 4 heterocycles. The van der Waals surface area contributed by atoms with Crippen LogP contribution in [0.25, 0.3) is 69.0 Å². The molecule has 0 atom stereocenters. The summed E-state index contributed by atoms with van der Waals surface area (Å²) < 4.78 is 18.2. The average molecular weight is 523 g/mol. The van der Waals surface area contributed by atoms with Crippen LogP contribution in [0.5, 0.6) is 0 Å². The summed E-state index contributed by atoms with van der Waals surface area (Å²) in [4.78, 5) is 0. The van der Waals surface area contributed by atoms with E-state index in [-0.39, 0.29) is 0 Å². The highest BCUT2D eigenvalue weighted by Crippen LogP contribution is 2.46. The van der Waals surface area contributed by atoms with Crippen LogP contribution in [0.15, 0.2) is 84.9 Å². The Morgan fingerprint density at radius 1 is 0.615 bits per heavy atom. The van der Waals surface area contributed by atoms with Crippen LogP contribution in [0.2, 0.25) is 0 Å². The van der Waals surface area contributed by atoms with Gasteiger partial charge in [-0.2, -0.15) is 0 Å². The van der Waals surface area contributed by atoms with E-state index in [1.165, 1.54) is 69.0 Å². The number of hydrogen-bond donors (Lipinski definition) is 0. The number of fused-ring (bicyclic) bond motifs is 7. The first-order chi connectivity index (χ1) is 18.8. The van der Waals surface area contributed by atoms with Gasteiger partial charge in [-0.05, 0) is 62.1 Å². The van der Waals surface area contributed by atoms with Gasteiger partial charge in [-0.15, -0.1) is 11.3 Å². The lowest BCUT2D eigenvalue weighted by Gasteiger charge is -2.32. The fourth-order valence-electron chi connectivity index (χ4n) is 6.79. The Labute approximate surface area is 230 Å². The maximum atomic E-state index is 6.57. The second kappa shape index (κ2) is 7.11. The zero-order chi connectivity index (χ0) is 26.3. The second-order valence-corrected chi connectivity index (χ2v) is 13.0. The third kappa shape index (κ3) is 2.66. The highest BCUT2D eigenvalue weighted by molar-refractivity contribution is 7.27. The Kier molecular flexibility index (Phi) is 4.05. The Bertz CT molecular complexity index is 2290. The maximum Gasteiger partial charge on any atom is 0.496 e. The zero-order valence-corrected chi connectivity index (χ0v) is 23.1. The summed E-state index contributed by atoms with van der Waals surface area (Å²) in [6.45, 7) is 8.50. The van der Waals surface area contributed by atoms with Gasteiger partial charge < -0.3 is 13.7 Å². The number of rotatable bonds is 1. The third-order valence-electron chi connectivity index (χ3n) is 9.37. The van der Waals surface area contributed by atoms with Crippen LogP contribution in [-0.4, -0.2) is 22.7 Å². The molecule has 5 heteroatoms. The summed E-state index contributed by atoms with van der Waals surface area (Å²) in [5.41, 5.74) is 4.08. The van der Waals surface area contributed by atoms with Gasteiger partial charge in [-0.1, -0.05) is 66.7 Å². The van der Waals surface area contributed by atoms with Crippen molar-refractivity contribution >= 4 is 93.0 Å². The summed E-state index contributed by atoms with van der Waals surface area (Å²) in [6, 6.07) is 31.4. The van der Waals surface area contributed by atoms with Crippen molar-refractivity contribution in [2.24, 2.45) is 0 Å². The lowest BCUT2D eigenvalue weighted by atomic mass is 9.78. The first kappa shape index (κ1) is 22.2. The molecule has 0 radical (unpaired) electrons. The molecule has 1 fully saturated rings. The standard InChI is InChI=1S/C34H26BNO2S/c1-33(2)34(3,4)38-35(37-33)24-16-18-26-30-29-21(11-8-14-27(29)39-32(24)30)22-12-7-13-23-28-20-10-6-5-9-19(20)15-17-25(28)36(26)31(22)23/h5-18H,1-4H3. The topological polar surface area (TPSA) is 22.9 Å². The first-order valence-electron chi connectivity index (χ1n) is 13.6. The molecule has 5 aromatic carbocycles. The molecule has 0 aliphatic carbocycles. The minimum Gasteiger partial charge on any atom is -0.399 e. The fourth-order valence-corrected chi connectivity index (χ4v) is 8.07. The molecule has 39 heavy (non-hydrogen) atoms. The van der Waals surface area contributed by atoms with Gasteiger partial charge in [0.15, 0.2) is 0 Å². The quantitative estimate of drug-likeness (QED) is 0.201.